The van der Waals surface area contributed by atoms with E-state index in [1.54, 1.807) is 0 Å². The zero-order valence-electron chi connectivity index (χ0n) is 11.4. The van der Waals surface area contributed by atoms with Crippen LogP contribution in [0.25, 0.3) is 0 Å². The second-order valence-corrected chi connectivity index (χ2v) is 4.93. The molecule has 4 nitrogen and oxygen atoms in total. The lowest BCUT2D eigenvalue weighted by molar-refractivity contribution is -0.119. The summed E-state index contributed by atoms with van der Waals surface area (Å²) in [5, 5.41) is 2.91. The Balaban J connectivity index is 2.53. The van der Waals surface area contributed by atoms with Crippen molar-refractivity contribution in [2.24, 2.45) is 11.7 Å². The Morgan fingerprint density at radius 3 is 2.78 bits per heavy atom. The number of nitrogens with one attached hydrogen (secondary N) is 1. The van der Waals surface area contributed by atoms with E-state index >= 15 is 0 Å². The lowest BCUT2D eigenvalue weighted by atomic mass is 10.2. The van der Waals surface area contributed by atoms with Crippen molar-refractivity contribution in [2.75, 3.05) is 25.0 Å². The molecule has 1 aromatic rings. The molecule has 0 saturated carbocycles. The highest BCUT2D eigenvalue weighted by Gasteiger charge is 2.07. The van der Waals surface area contributed by atoms with Gasteiger partial charge in [0.1, 0.15) is 0 Å². The van der Waals surface area contributed by atoms with Gasteiger partial charge in [0.2, 0.25) is 5.91 Å². The van der Waals surface area contributed by atoms with Gasteiger partial charge in [0, 0.05) is 25.8 Å². The molecule has 0 spiro atoms. The first-order valence-electron chi connectivity index (χ1n) is 6.29. The van der Waals surface area contributed by atoms with Gasteiger partial charge in [0.25, 0.3) is 0 Å². The number of nitrogens with two attached hydrogens (primary N) is 1. The van der Waals surface area contributed by atoms with E-state index in [1.807, 2.05) is 36.2 Å². The SMILES string of the molecule is CC(C)CNC(=O)CN(C)c1cccc(CN)c1. The molecule has 0 aliphatic heterocycles. The number of hydrogen-bond donors (Lipinski definition) is 2. The molecule has 0 aliphatic rings. The molecule has 0 unspecified atom stereocenters. The predicted molar refractivity (Wildman–Crippen MR) is 75.5 cm³/mol. The summed E-state index contributed by atoms with van der Waals surface area (Å²) in [6.45, 7) is 5.75. The number of benzene rings is 1. The number of anilines is 1. The molecular formula is C14H23N3O. The molecule has 0 heterocycles. The summed E-state index contributed by atoms with van der Waals surface area (Å²) in [5.74, 6) is 0.518. The van der Waals surface area contributed by atoms with Gasteiger partial charge in [-0.25, -0.2) is 0 Å². The second kappa shape index (κ2) is 7.01. The zero-order valence-corrected chi connectivity index (χ0v) is 11.4. The Bertz CT molecular complexity index is 390. The maximum absolute atomic E-state index is 11.7. The van der Waals surface area contributed by atoms with Crippen molar-refractivity contribution < 1.29 is 4.79 Å². The summed E-state index contributed by atoms with van der Waals surface area (Å²) in [6, 6.07) is 7.93. The number of amides is 1. The first-order chi connectivity index (χ1) is 8.52. The number of carbonyl (C=O) groups excluding carboxylic acids is 1. The molecule has 0 fully saturated rings. The predicted octanol–water partition coefficient (Wildman–Crippen LogP) is 1.35. The molecule has 0 aliphatic carbocycles. The van der Waals surface area contributed by atoms with Crippen LogP contribution < -0.4 is 16.0 Å². The van der Waals surface area contributed by atoms with E-state index in [-0.39, 0.29) is 5.91 Å². The van der Waals surface area contributed by atoms with E-state index in [0.717, 1.165) is 17.8 Å². The van der Waals surface area contributed by atoms with Crippen LogP contribution in [-0.2, 0) is 11.3 Å². The lowest BCUT2D eigenvalue weighted by Crippen LogP contribution is -2.36. The van der Waals surface area contributed by atoms with Crippen molar-refractivity contribution in [3.8, 4) is 0 Å². The van der Waals surface area contributed by atoms with Crippen LogP contribution in [0.1, 0.15) is 19.4 Å². The van der Waals surface area contributed by atoms with Crippen LogP contribution in [0.15, 0.2) is 24.3 Å². The number of rotatable bonds is 6. The van der Waals surface area contributed by atoms with Gasteiger partial charge < -0.3 is 16.0 Å². The highest BCUT2D eigenvalue weighted by Crippen LogP contribution is 2.14. The van der Waals surface area contributed by atoms with Crippen LogP contribution >= 0.6 is 0 Å². The van der Waals surface area contributed by atoms with Gasteiger partial charge in [-0.15, -0.1) is 0 Å². The molecule has 0 saturated heterocycles. The van der Waals surface area contributed by atoms with Crippen molar-refractivity contribution in [1.29, 1.82) is 0 Å². The Labute approximate surface area is 109 Å². The van der Waals surface area contributed by atoms with Gasteiger partial charge in [0.05, 0.1) is 6.54 Å². The number of hydrogen-bond acceptors (Lipinski definition) is 3. The summed E-state index contributed by atoms with van der Waals surface area (Å²) >= 11 is 0. The largest absolute Gasteiger partial charge is 0.365 e. The number of nitrogens with zero attached hydrogens (tertiary/aromatic N) is 1. The molecule has 100 valence electrons. The molecule has 0 aromatic heterocycles. The lowest BCUT2D eigenvalue weighted by Gasteiger charge is -2.19. The minimum absolute atomic E-state index is 0.0457. The van der Waals surface area contributed by atoms with Crippen LogP contribution in [0.2, 0.25) is 0 Å². The average molecular weight is 249 g/mol. The van der Waals surface area contributed by atoms with Crippen molar-refractivity contribution >= 4 is 11.6 Å². The van der Waals surface area contributed by atoms with E-state index in [9.17, 15) is 4.79 Å². The molecule has 1 rings (SSSR count). The van der Waals surface area contributed by atoms with Crippen LogP contribution in [0, 0.1) is 5.92 Å². The van der Waals surface area contributed by atoms with Crippen molar-refractivity contribution in [3.63, 3.8) is 0 Å². The second-order valence-electron chi connectivity index (χ2n) is 4.93. The highest BCUT2D eigenvalue weighted by molar-refractivity contribution is 5.81. The summed E-state index contributed by atoms with van der Waals surface area (Å²) in [7, 11) is 1.91. The fraction of sp³-hybridized carbons (Fsp3) is 0.500. The van der Waals surface area contributed by atoms with Crippen LogP contribution in [0.3, 0.4) is 0 Å². The maximum atomic E-state index is 11.7. The van der Waals surface area contributed by atoms with Gasteiger partial charge in [-0.1, -0.05) is 26.0 Å². The third-order valence-corrected chi connectivity index (χ3v) is 2.68. The van der Waals surface area contributed by atoms with E-state index in [4.69, 9.17) is 5.73 Å². The first-order valence-corrected chi connectivity index (χ1v) is 6.29. The van der Waals surface area contributed by atoms with Crippen molar-refractivity contribution in [1.82, 2.24) is 5.32 Å². The molecule has 1 amide bonds. The van der Waals surface area contributed by atoms with E-state index < -0.39 is 0 Å². The fourth-order valence-electron chi connectivity index (χ4n) is 1.60. The molecule has 3 N–H and O–H groups in total. The van der Waals surface area contributed by atoms with E-state index in [1.165, 1.54) is 0 Å². The quantitative estimate of drug-likeness (QED) is 0.800. The van der Waals surface area contributed by atoms with Crippen molar-refractivity contribution in [3.05, 3.63) is 29.8 Å². The number of likely N-dealkylation sites (N-methyl/N-ethyl adjacent to an activating group) is 1. The molecule has 18 heavy (non-hydrogen) atoms. The van der Waals surface area contributed by atoms with Gasteiger partial charge in [-0.3, -0.25) is 4.79 Å². The minimum atomic E-state index is 0.0457. The monoisotopic (exact) mass is 249 g/mol. The van der Waals surface area contributed by atoms with Crippen molar-refractivity contribution in [2.45, 2.75) is 20.4 Å². The van der Waals surface area contributed by atoms with E-state index in [2.05, 4.69) is 19.2 Å². The topological polar surface area (TPSA) is 58.4 Å². The first kappa shape index (κ1) is 14.5. The Morgan fingerprint density at radius 2 is 2.17 bits per heavy atom. The molecule has 0 radical (unpaired) electrons. The van der Waals surface area contributed by atoms with Crippen LogP contribution in [0.4, 0.5) is 5.69 Å². The standard InChI is InChI=1S/C14H23N3O/c1-11(2)9-16-14(18)10-17(3)13-6-4-5-12(7-13)8-15/h4-7,11H,8-10,15H2,1-3H3,(H,16,18). The van der Waals surface area contributed by atoms with Crippen LogP contribution in [-0.4, -0.2) is 26.0 Å². The van der Waals surface area contributed by atoms with Gasteiger partial charge in [-0.2, -0.15) is 0 Å². The normalized spacial score (nSPS) is 10.5. The van der Waals surface area contributed by atoms with Gasteiger partial charge in [0.15, 0.2) is 0 Å². The molecule has 0 atom stereocenters. The van der Waals surface area contributed by atoms with Crippen LogP contribution in [0.5, 0.6) is 0 Å². The Morgan fingerprint density at radius 1 is 1.44 bits per heavy atom. The van der Waals surface area contributed by atoms with Gasteiger partial charge >= 0.3 is 0 Å². The third-order valence-electron chi connectivity index (χ3n) is 2.68. The number of carbonyl (C=O) groups is 1. The molecule has 0 bridgehead atoms. The summed E-state index contributed by atoms with van der Waals surface area (Å²) in [4.78, 5) is 13.6. The third kappa shape index (κ3) is 4.75. The minimum Gasteiger partial charge on any atom is -0.365 e. The Kier molecular flexibility index (Phi) is 5.65. The van der Waals surface area contributed by atoms with E-state index in [0.29, 0.717) is 19.0 Å². The molecule has 1 aromatic carbocycles. The average Bonchev–Trinajstić information content (AvgIpc) is 2.36. The fourth-order valence-corrected chi connectivity index (χ4v) is 1.60. The van der Waals surface area contributed by atoms with Gasteiger partial charge in [-0.05, 0) is 23.6 Å². The highest BCUT2D eigenvalue weighted by atomic mass is 16.2. The summed E-state index contributed by atoms with van der Waals surface area (Å²) in [6.07, 6.45) is 0. The Hall–Kier alpha value is -1.55. The summed E-state index contributed by atoms with van der Waals surface area (Å²) in [5.41, 5.74) is 7.69. The molecule has 4 heteroatoms. The molecular weight excluding hydrogens is 226 g/mol. The summed E-state index contributed by atoms with van der Waals surface area (Å²) < 4.78 is 0. The smallest absolute Gasteiger partial charge is 0.239 e. The maximum Gasteiger partial charge on any atom is 0.239 e. The zero-order chi connectivity index (χ0) is 13.5.